The molecule has 0 spiro atoms. The second kappa shape index (κ2) is 6.07. The van der Waals surface area contributed by atoms with Crippen molar-refractivity contribution in [1.29, 1.82) is 0 Å². The van der Waals surface area contributed by atoms with Crippen LogP contribution in [0.3, 0.4) is 0 Å². The van der Waals surface area contributed by atoms with Gasteiger partial charge in [0, 0.05) is 30.9 Å². The first kappa shape index (κ1) is 17.0. The second-order valence-corrected chi connectivity index (χ2v) is 7.21. The van der Waals surface area contributed by atoms with Crippen molar-refractivity contribution in [2.45, 2.75) is 44.8 Å². The highest BCUT2D eigenvalue weighted by Gasteiger charge is 2.30. The summed E-state index contributed by atoms with van der Waals surface area (Å²) in [5.41, 5.74) is 0.0765. The summed E-state index contributed by atoms with van der Waals surface area (Å²) in [6.45, 7) is 2.35. The molecule has 2 fully saturated rings. The lowest BCUT2D eigenvalue weighted by Gasteiger charge is -2.31. The lowest BCUT2D eigenvalue weighted by molar-refractivity contribution is 0.0695. The Balaban J connectivity index is 1.96. The summed E-state index contributed by atoms with van der Waals surface area (Å²) in [6.07, 6.45) is 3.01. The van der Waals surface area contributed by atoms with Gasteiger partial charge in [-0.3, -0.25) is 4.79 Å². The van der Waals surface area contributed by atoms with E-state index < -0.39 is 23.4 Å². The summed E-state index contributed by atoms with van der Waals surface area (Å²) in [6, 6.07) is 1.76. The molecule has 7 heteroatoms. The van der Waals surface area contributed by atoms with Crippen molar-refractivity contribution in [3.05, 3.63) is 39.4 Å². The Morgan fingerprint density at radius 2 is 1.88 bits per heavy atom. The van der Waals surface area contributed by atoms with Gasteiger partial charge < -0.3 is 14.6 Å². The number of fused-ring (bicyclic) bond motifs is 1. The van der Waals surface area contributed by atoms with Crippen LogP contribution in [0, 0.1) is 12.7 Å². The average Bonchev–Trinajstić information content (AvgIpc) is 3.43. The van der Waals surface area contributed by atoms with Crippen LogP contribution < -0.4 is 10.3 Å². The third-order valence-electron chi connectivity index (χ3n) is 5.41. The molecule has 1 aliphatic carbocycles. The van der Waals surface area contributed by atoms with Crippen LogP contribution in [0.25, 0.3) is 10.9 Å². The van der Waals surface area contributed by atoms with E-state index in [0.29, 0.717) is 37.1 Å². The normalized spacial score (nSPS) is 18.5. The summed E-state index contributed by atoms with van der Waals surface area (Å²) < 4.78 is 30.3. The van der Waals surface area contributed by atoms with E-state index in [2.05, 4.69) is 0 Å². The summed E-state index contributed by atoms with van der Waals surface area (Å²) in [7, 11) is 0. The number of anilines is 1. The van der Waals surface area contributed by atoms with Gasteiger partial charge in [0.1, 0.15) is 17.6 Å². The first-order valence-corrected chi connectivity index (χ1v) is 8.88. The summed E-state index contributed by atoms with van der Waals surface area (Å²) in [5, 5.41) is 9.47. The van der Waals surface area contributed by atoms with Crippen molar-refractivity contribution in [2.75, 3.05) is 18.0 Å². The molecule has 5 nitrogen and oxygen atoms in total. The Kier molecular flexibility index (Phi) is 3.97. The Labute approximate surface area is 148 Å². The fraction of sp³-hybridized carbons (Fsp3) is 0.474. The molecular formula is C19H20F2N2O3. The number of carboxylic acids is 1. The Bertz CT molecular complexity index is 958. The molecule has 0 amide bonds. The maximum atomic E-state index is 15.0. The monoisotopic (exact) mass is 362 g/mol. The van der Waals surface area contributed by atoms with Crippen molar-refractivity contribution in [3.8, 4) is 0 Å². The van der Waals surface area contributed by atoms with Gasteiger partial charge in [-0.05, 0) is 38.7 Å². The molecule has 1 saturated heterocycles. The molecule has 1 aromatic carbocycles. The van der Waals surface area contributed by atoms with Gasteiger partial charge in [-0.15, -0.1) is 0 Å². The van der Waals surface area contributed by atoms with Crippen LogP contribution in [-0.2, 0) is 0 Å². The van der Waals surface area contributed by atoms with E-state index in [-0.39, 0.29) is 22.6 Å². The number of hydrogen-bond acceptors (Lipinski definition) is 3. The first-order chi connectivity index (χ1) is 12.4. The third kappa shape index (κ3) is 2.66. The van der Waals surface area contributed by atoms with Crippen molar-refractivity contribution < 1.29 is 18.7 Å². The fourth-order valence-electron chi connectivity index (χ4n) is 3.78. The molecule has 0 radical (unpaired) electrons. The lowest BCUT2D eigenvalue weighted by atomic mass is 10.0. The van der Waals surface area contributed by atoms with E-state index in [1.54, 1.807) is 10.6 Å². The molecule has 2 heterocycles. The third-order valence-corrected chi connectivity index (χ3v) is 5.41. The summed E-state index contributed by atoms with van der Waals surface area (Å²) in [4.78, 5) is 25.9. The van der Waals surface area contributed by atoms with Gasteiger partial charge in [-0.1, -0.05) is 0 Å². The van der Waals surface area contributed by atoms with E-state index in [1.165, 1.54) is 13.1 Å². The quantitative estimate of drug-likeness (QED) is 0.909. The summed E-state index contributed by atoms with van der Waals surface area (Å²) in [5.74, 6) is -1.84. The zero-order chi connectivity index (χ0) is 18.6. The number of rotatable bonds is 3. The molecule has 0 bridgehead atoms. The molecule has 4 rings (SSSR count). The molecular weight excluding hydrogens is 342 g/mol. The average molecular weight is 362 g/mol. The van der Waals surface area contributed by atoms with E-state index >= 15 is 4.39 Å². The van der Waals surface area contributed by atoms with Gasteiger partial charge in [0.05, 0.1) is 16.6 Å². The van der Waals surface area contributed by atoms with Crippen molar-refractivity contribution in [3.63, 3.8) is 0 Å². The highest BCUT2D eigenvalue weighted by Crippen LogP contribution is 2.39. The van der Waals surface area contributed by atoms with Gasteiger partial charge >= 0.3 is 5.97 Å². The maximum absolute atomic E-state index is 15.0. The molecule has 0 unspecified atom stereocenters. The molecule has 1 aliphatic heterocycles. The fourth-order valence-corrected chi connectivity index (χ4v) is 3.78. The second-order valence-electron chi connectivity index (χ2n) is 7.21. The zero-order valence-electron chi connectivity index (χ0n) is 14.5. The van der Waals surface area contributed by atoms with Gasteiger partial charge in [0.25, 0.3) is 0 Å². The van der Waals surface area contributed by atoms with E-state index in [0.717, 1.165) is 12.8 Å². The number of aromatic carboxylic acids is 1. The van der Waals surface area contributed by atoms with Gasteiger partial charge in [0.2, 0.25) is 5.43 Å². The molecule has 138 valence electrons. The van der Waals surface area contributed by atoms with Crippen molar-refractivity contribution in [2.24, 2.45) is 0 Å². The van der Waals surface area contributed by atoms with E-state index in [4.69, 9.17) is 0 Å². The number of piperidine rings is 1. The van der Waals surface area contributed by atoms with Crippen LogP contribution in [0.15, 0.2) is 17.1 Å². The van der Waals surface area contributed by atoms with Crippen molar-refractivity contribution in [1.82, 2.24) is 4.57 Å². The maximum Gasteiger partial charge on any atom is 0.341 e. The predicted molar refractivity (Wildman–Crippen MR) is 94.5 cm³/mol. The van der Waals surface area contributed by atoms with Crippen molar-refractivity contribution >= 4 is 22.6 Å². The molecule has 1 aromatic heterocycles. The smallest absolute Gasteiger partial charge is 0.341 e. The number of pyridine rings is 1. The largest absolute Gasteiger partial charge is 0.477 e. The Morgan fingerprint density at radius 1 is 1.23 bits per heavy atom. The molecule has 26 heavy (non-hydrogen) atoms. The molecule has 2 aliphatic rings. The van der Waals surface area contributed by atoms with Crippen LogP contribution in [-0.4, -0.2) is 34.9 Å². The number of nitrogens with zero attached hydrogens (tertiary/aromatic N) is 2. The number of hydrogen-bond donors (Lipinski definition) is 1. The minimum atomic E-state index is -1.31. The lowest BCUT2D eigenvalue weighted by Crippen LogP contribution is -2.35. The van der Waals surface area contributed by atoms with Crippen LogP contribution in [0.4, 0.5) is 14.5 Å². The highest BCUT2D eigenvalue weighted by atomic mass is 19.1. The van der Waals surface area contributed by atoms with Gasteiger partial charge in [-0.25, -0.2) is 13.6 Å². The Morgan fingerprint density at radius 3 is 2.46 bits per heavy atom. The van der Waals surface area contributed by atoms with Gasteiger partial charge in [0.15, 0.2) is 0 Å². The van der Waals surface area contributed by atoms with E-state index in [9.17, 15) is 19.1 Å². The van der Waals surface area contributed by atoms with Crippen LogP contribution >= 0.6 is 0 Å². The minimum absolute atomic E-state index is 0.124. The van der Waals surface area contributed by atoms with Crippen LogP contribution in [0.1, 0.15) is 47.6 Å². The standard InChI is InChI=1S/C19H20F2N2O3/c1-10-16-14(8-15(17(10)21)22-6-4-11(20)5-7-22)23(12-2-3-12)9-13(18(16)24)19(25)26/h8-9,11-12H,2-7H2,1H3,(H,25,26). The predicted octanol–water partition coefficient (Wildman–Crippen LogP) is 3.42. The van der Waals surface area contributed by atoms with E-state index in [1.807, 2.05) is 4.90 Å². The minimum Gasteiger partial charge on any atom is -0.477 e. The number of aromatic nitrogens is 1. The summed E-state index contributed by atoms with van der Waals surface area (Å²) >= 11 is 0. The van der Waals surface area contributed by atoms with Gasteiger partial charge in [-0.2, -0.15) is 0 Å². The SMILES string of the molecule is Cc1c(F)c(N2CCC(F)CC2)cc2c1c(=O)c(C(=O)O)cn2C1CC1. The highest BCUT2D eigenvalue weighted by molar-refractivity contribution is 5.95. The number of carbonyl (C=O) groups is 1. The first-order valence-electron chi connectivity index (χ1n) is 8.88. The topological polar surface area (TPSA) is 62.5 Å². The Hall–Kier alpha value is -2.44. The molecule has 2 aromatic rings. The molecule has 1 N–H and O–H groups in total. The van der Waals surface area contributed by atoms with Crippen LogP contribution in [0.2, 0.25) is 0 Å². The molecule has 1 saturated carbocycles. The number of halogens is 2. The van der Waals surface area contributed by atoms with Crippen LogP contribution in [0.5, 0.6) is 0 Å². The number of alkyl halides is 1. The number of aryl methyl sites for hydroxylation is 1. The zero-order valence-corrected chi connectivity index (χ0v) is 14.5. The number of carboxylic acid groups (broad SMARTS) is 1. The number of benzene rings is 1. The molecule has 0 atom stereocenters.